The molecule has 4 aromatic rings. The zero-order valence-corrected chi connectivity index (χ0v) is 23.2. The predicted molar refractivity (Wildman–Crippen MR) is 156 cm³/mol. The molecule has 0 radical (unpaired) electrons. The van der Waals surface area contributed by atoms with E-state index in [1.165, 1.54) is 30.6 Å². The average molecular weight is 585 g/mol. The van der Waals surface area contributed by atoms with Crippen molar-refractivity contribution < 1.29 is 24.0 Å². The molecule has 1 aromatic heterocycles. The molecule has 42 heavy (non-hydrogen) atoms. The van der Waals surface area contributed by atoms with Crippen molar-refractivity contribution in [3.05, 3.63) is 82.4 Å². The number of hydrogen-bond donors (Lipinski definition) is 1. The maximum Gasteiger partial charge on any atom is 0.335 e. The maximum absolute atomic E-state index is 14.6. The number of carbonyl (C=O) groups is 3. The third-order valence-corrected chi connectivity index (χ3v) is 9.40. The van der Waals surface area contributed by atoms with Crippen LogP contribution in [0, 0.1) is 15.5 Å². The van der Waals surface area contributed by atoms with Gasteiger partial charge in [-0.2, -0.15) is 0 Å². The number of ether oxygens (including phenoxy) is 1. The van der Waals surface area contributed by atoms with Crippen molar-refractivity contribution in [1.82, 2.24) is 10.3 Å². The van der Waals surface area contributed by atoms with Crippen molar-refractivity contribution in [2.24, 2.45) is 5.41 Å². The maximum atomic E-state index is 14.6. The first-order valence-electron chi connectivity index (χ1n) is 13.3. The van der Waals surface area contributed by atoms with Crippen LogP contribution in [-0.2, 0) is 16.0 Å². The molecule has 12 nitrogen and oxygen atoms in total. The van der Waals surface area contributed by atoms with Crippen molar-refractivity contribution in [2.45, 2.75) is 12.5 Å². The number of nitrogens with zero attached hydrogens (tertiary/aromatic N) is 5. The Morgan fingerprint density at radius 1 is 1.07 bits per heavy atom. The summed E-state index contributed by atoms with van der Waals surface area (Å²) in [5, 5.41) is 14.8. The second-order valence-corrected chi connectivity index (χ2v) is 11.4. The van der Waals surface area contributed by atoms with Gasteiger partial charge in [-0.1, -0.05) is 23.5 Å². The number of urea groups is 1. The van der Waals surface area contributed by atoms with Crippen molar-refractivity contribution in [3.8, 4) is 5.75 Å². The van der Waals surface area contributed by atoms with E-state index in [0.29, 0.717) is 24.4 Å². The number of piperazine rings is 1. The van der Waals surface area contributed by atoms with Gasteiger partial charge in [-0.05, 0) is 48.0 Å². The van der Waals surface area contributed by atoms with Gasteiger partial charge in [-0.25, -0.2) is 14.7 Å². The van der Waals surface area contributed by atoms with Crippen LogP contribution in [0.2, 0.25) is 0 Å². The summed E-state index contributed by atoms with van der Waals surface area (Å²) in [6.07, 6.45) is -0.108. The molecule has 0 saturated carbocycles. The summed E-state index contributed by atoms with van der Waals surface area (Å²) in [7, 11) is 1.51. The number of nitrogens with one attached hydrogen (secondary N) is 1. The molecule has 2 atom stereocenters. The van der Waals surface area contributed by atoms with E-state index in [1.54, 1.807) is 30.3 Å². The fourth-order valence-corrected chi connectivity index (χ4v) is 7.26. The highest BCUT2D eigenvalue weighted by Gasteiger charge is 2.63. The topological polar surface area (TPSA) is 138 Å². The molecule has 7 rings (SSSR count). The monoisotopic (exact) mass is 584 g/mol. The summed E-state index contributed by atoms with van der Waals surface area (Å²) in [6, 6.07) is 17.2. The van der Waals surface area contributed by atoms with Gasteiger partial charge in [0.05, 0.1) is 34.0 Å². The van der Waals surface area contributed by atoms with E-state index in [2.05, 4.69) is 10.2 Å². The number of aromatic nitrogens is 1. The molecule has 3 aliphatic heterocycles. The number of methoxy groups -OCH3 is 1. The van der Waals surface area contributed by atoms with Crippen LogP contribution < -0.4 is 24.8 Å². The lowest BCUT2D eigenvalue weighted by atomic mass is 9.67. The molecule has 1 spiro atoms. The van der Waals surface area contributed by atoms with E-state index in [1.807, 2.05) is 29.2 Å². The number of fused-ring (bicyclic) bond motifs is 5. The molecule has 2 fully saturated rings. The summed E-state index contributed by atoms with van der Waals surface area (Å²) in [4.78, 5) is 62.6. The van der Waals surface area contributed by atoms with Gasteiger partial charge in [-0.15, -0.1) is 0 Å². The molecule has 0 aliphatic carbocycles. The number of rotatable bonds is 4. The Bertz CT molecular complexity index is 1760. The minimum absolute atomic E-state index is 0.108. The first-order chi connectivity index (χ1) is 20.3. The number of thiazole rings is 1. The van der Waals surface area contributed by atoms with E-state index < -0.39 is 34.2 Å². The Balaban J connectivity index is 1.36. The zero-order valence-electron chi connectivity index (χ0n) is 22.4. The Hall–Kier alpha value is -5.04. The summed E-state index contributed by atoms with van der Waals surface area (Å²) in [5.74, 6) is -0.862. The third-order valence-electron chi connectivity index (χ3n) is 8.30. The van der Waals surface area contributed by atoms with Crippen molar-refractivity contribution >= 4 is 61.6 Å². The lowest BCUT2D eigenvalue weighted by Gasteiger charge is -2.55. The molecular weight excluding hydrogens is 560 g/mol. The second kappa shape index (κ2) is 9.52. The molecule has 0 unspecified atom stereocenters. The Morgan fingerprint density at radius 2 is 1.86 bits per heavy atom. The van der Waals surface area contributed by atoms with Crippen LogP contribution in [0.15, 0.2) is 66.7 Å². The van der Waals surface area contributed by atoms with Crippen LogP contribution in [0.5, 0.6) is 5.75 Å². The van der Waals surface area contributed by atoms with Crippen LogP contribution in [0.4, 0.5) is 27.0 Å². The van der Waals surface area contributed by atoms with Gasteiger partial charge < -0.3 is 14.5 Å². The highest BCUT2D eigenvalue weighted by Crippen LogP contribution is 2.48. The quantitative estimate of drug-likeness (QED) is 0.216. The highest BCUT2D eigenvalue weighted by atomic mass is 32.1. The van der Waals surface area contributed by atoms with Crippen LogP contribution in [0.3, 0.4) is 0 Å². The number of para-hydroxylation sites is 1. The molecule has 212 valence electrons. The van der Waals surface area contributed by atoms with E-state index in [9.17, 15) is 24.5 Å². The van der Waals surface area contributed by atoms with Crippen LogP contribution >= 0.6 is 11.3 Å². The molecule has 4 amide bonds. The smallest absolute Gasteiger partial charge is 0.335 e. The minimum atomic E-state index is -1.74. The number of carbonyl (C=O) groups excluding carboxylic acids is 3. The highest BCUT2D eigenvalue weighted by molar-refractivity contribution is 7.22. The van der Waals surface area contributed by atoms with Gasteiger partial charge in [0.2, 0.25) is 5.91 Å². The minimum Gasteiger partial charge on any atom is -0.497 e. The van der Waals surface area contributed by atoms with E-state index >= 15 is 0 Å². The molecule has 4 heterocycles. The third kappa shape index (κ3) is 3.80. The lowest BCUT2D eigenvalue weighted by molar-refractivity contribution is -0.384. The van der Waals surface area contributed by atoms with E-state index in [-0.39, 0.29) is 24.3 Å². The molecule has 1 N–H and O–H groups in total. The van der Waals surface area contributed by atoms with Gasteiger partial charge in [-0.3, -0.25) is 25.0 Å². The van der Waals surface area contributed by atoms with Crippen molar-refractivity contribution in [3.63, 3.8) is 0 Å². The number of nitro benzene ring substituents is 1. The second-order valence-electron chi connectivity index (χ2n) is 10.4. The number of benzene rings is 3. The van der Waals surface area contributed by atoms with E-state index in [0.717, 1.165) is 25.9 Å². The number of hydrogen-bond acceptors (Lipinski definition) is 10. The molecule has 3 aromatic carbocycles. The number of imide groups is 2. The number of anilines is 3. The van der Waals surface area contributed by atoms with Gasteiger partial charge >= 0.3 is 6.03 Å². The number of amides is 4. The van der Waals surface area contributed by atoms with Crippen LogP contribution in [0.1, 0.15) is 5.56 Å². The van der Waals surface area contributed by atoms with Crippen molar-refractivity contribution in [1.29, 1.82) is 0 Å². The summed E-state index contributed by atoms with van der Waals surface area (Å²) < 4.78 is 6.24. The SMILES string of the molecule is COc1ccc(N2C(=O)NC(=O)[C@]3(Cc4cc([N+](=O)[O-])ccc4N4CCN(c5nc6ccccc6s5)C[C@H]43)C2=O)cc1. The summed E-state index contributed by atoms with van der Waals surface area (Å²) >= 11 is 1.53. The Labute approximate surface area is 243 Å². The van der Waals surface area contributed by atoms with Crippen LogP contribution in [-0.4, -0.2) is 60.5 Å². The number of non-ortho nitro benzene ring substituents is 1. The fourth-order valence-electron chi connectivity index (χ4n) is 6.26. The molecular formula is C29H24N6O6S. The molecule has 3 aliphatic rings. The zero-order chi connectivity index (χ0) is 29.2. The Morgan fingerprint density at radius 3 is 2.60 bits per heavy atom. The molecule has 0 bridgehead atoms. The molecule has 13 heteroatoms. The van der Waals surface area contributed by atoms with Crippen LogP contribution in [0.25, 0.3) is 10.2 Å². The first-order valence-corrected chi connectivity index (χ1v) is 14.1. The lowest BCUT2D eigenvalue weighted by Crippen LogP contribution is -2.75. The van der Waals surface area contributed by atoms with Gasteiger partial charge in [0.1, 0.15) is 5.75 Å². The van der Waals surface area contributed by atoms with Crippen molar-refractivity contribution in [2.75, 3.05) is 41.4 Å². The first kappa shape index (κ1) is 25.9. The number of nitro groups is 1. The van der Waals surface area contributed by atoms with Gasteiger partial charge in [0.25, 0.3) is 11.6 Å². The Kier molecular flexibility index (Phi) is 5.87. The van der Waals surface area contributed by atoms with Gasteiger partial charge in [0.15, 0.2) is 10.5 Å². The normalized spacial score (nSPS) is 21.8. The number of barbiturate groups is 1. The average Bonchev–Trinajstić information content (AvgIpc) is 3.44. The largest absolute Gasteiger partial charge is 0.497 e. The fraction of sp³-hybridized carbons (Fsp3) is 0.241. The summed E-state index contributed by atoms with van der Waals surface area (Å²) in [6.45, 7) is 1.27. The standard InChI is InChI=1S/C29H24N6O6S/c1-41-20-9-6-18(7-10-20)34-26(37)29(25(36)31-27(34)38)15-17-14-19(35(39)40)8-11-22(17)33-13-12-32(16-24(29)33)28-30-21-4-2-3-5-23(21)42-28/h2-11,14,24H,12-13,15-16H2,1H3,(H,31,36,38)/t24-,29+/m0/s1. The molecule has 2 saturated heterocycles. The predicted octanol–water partition coefficient (Wildman–Crippen LogP) is 3.73. The van der Waals surface area contributed by atoms with E-state index in [4.69, 9.17) is 9.72 Å². The summed E-state index contributed by atoms with van der Waals surface area (Å²) in [5.41, 5.74) is 0.488. The van der Waals surface area contributed by atoms with Gasteiger partial charge in [0, 0.05) is 43.9 Å².